The zero-order valence-electron chi connectivity index (χ0n) is 13.5. The summed E-state index contributed by atoms with van der Waals surface area (Å²) in [5.41, 5.74) is 9.58. The van der Waals surface area contributed by atoms with E-state index in [1.165, 1.54) is 28.0 Å². The van der Waals surface area contributed by atoms with Gasteiger partial charge in [-0.05, 0) is 40.5 Å². The maximum absolute atomic E-state index is 13.0. The molecule has 24 heavy (non-hydrogen) atoms. The van der Waals surface area contributed by atoms with Crippen molar-refractivity contribution in [1.29, 1.82) is 0 Å². The summed E-state index contributed by atoms with van der Waals surface area (Å²) in [5.74, 6) is -0.00586. The van der Waals surface area contributed by atoms with Crippen molar-refractivity contribution >= 4 is 16.5 Å². The molecule has 0 radical (unpaired) electrons. The number of hydrogen-bond acceptors (Lipinski definition) is 3. The number of hydrogen-bond donors (Lipinski definition) is 1. The minimum atomic E-state index is -0.436. The van der Waals surface area contributed by atoms with Crippen LogP contribution in [0, 0.1) is 5.95 Å². The zero-order valence-corrected chi connectivity index (χ0v) is 13.5. The van der Waals surface area contributed by atoms with Crippen molar-refractivity contribution in [1.82, 2.24) is 4.98 Å². The van der Waals surface area contributed by atoms with E-state index in [1.54, 1.807) is 12.3 Å². The monoisotopic (exact) mass is 321 g/mol. The molecule has 2 N–H and O–H groups in total. The van der Waals surface area contributed by atoms with Gasteiger partial charge in [-0.25, -0.2) is 4.98 Å². The molecule has 1 aliphatic heterocycles. The number of nitrogens with two attached hydrogens (primary N) is 1. The van der Waals surface area contributed by atoms with Crippen molar-refractivity contribution in [2.24, 2.45) is 5.73 Å². The third-order valence-corrected chi connectivity index (χ3v) is 4.95. The van der Waals surface area contributed by atoms with Gasteiger partial charge in [-0.2, -0.15) is 4.39 Å². The summed E-state index contributed by atoms with van der Waals surface area (Å²) >= 11 is 0. The molecule has 0 unspecified atom stereocenters. The molecule has 1 aliphatic rings. The molecule has 1 saturated heterocycles. The molecule has 3 nitrogen and oxygen atoms in total. The van der Waals surface area contributed by atoms with Crippen molar-refractivity contribution in [3.8, 4) is 0 Å². The van der Waals surface area contributed by atoms with Crippen molar-refractivity contribution < 1.29 is 4.39 Å². The van der Waals surface area contributed by atoms with Crippen LogP contribution in [-0.2, 0) is 6.54 Å². The molecule has 2 heterocycles. The van der Waals surface area contributed by atoms with Gasteiger partial charge in [-0.1, -0.05) is 36.4 Å². The van der Waals surface area contributed by atoms with Gasteiger partial charge in [0.2, 0.25) is 5.95 Å². The van der Waals surface area contributed by atoms with Crippen LogP contribution >= 0.6 is 0 Å². The normalized spacial score (nSPS) is 17.6. The maximum atomic E-state index is 13.0. The summed E-state index contributed by atoms with van der Waals surface area (Å²) in [6.07, 6.45) is 2.68. The van der Waals surface area contributed by atoms with Gasteiger partial charge in [0.15, 0.2) is 0 Å². The quantitative estimate of drug-likeness (QED) is 0.746. The van der Waals surface area contributed by atoms with Crippen molar-refractivity contribution in [3.05, 3.63) is 71.8 Å². The van der Waals surface area contributed by atoms with Crippen molar-refractivity contribution in [2.45, 2.75) is 18.9 Å². The summed E-state index contributed by atoms with van der Waals surface area (Å²) in [7, 11) is 0. The topological polar surface area (TPSA) is 42.1 Å². The van der Waals surface area contributed by atoms with Gasteiger partial charge in [-0.3, -0.25) is 0 Å². The number of fused-ring (bicyclic) bond motifs is 1. The molecule has 1 aromatic heterocycles. The molecule has 0 aliphatic carbocycles. The summed E-state index contributed by atoms with van der Waals surface area (Å²) in [6.45, 7) is 2.41. The summed E-state index contributed by atoms with van der Waals surface area (Å²) in [4.78, 5) is 6.05. The minimum absolute atomic E-state index is 0.430. The highest BCUT2D eigenvalue weighted by Gasteiger charge is 2.27. The zero-order chi connectivity index (χ0) is 16.5. The van der Waals surface area contributed by atoms with Gasteiger partial charge in [-0.15, -0.1) is 0 Å². The second kappa shape index (κ2) is 6.21. The Labute approximate surface area is 140 Å². The van der Waals surface area contributed by atoms with Crippen LogP contribution in [0.1, 0.15) is 23.5 Å². The molecule has 0 saturated carbocycles. The highest BCUT2D eigenvalue weighted by molar-refractivity contribution is 5.87. The molecule has 1 fully saturated rings. The number of nitrogens with zero attached hydrogens (tertiary/aromatic N) is 2. The first-order chi connectivity index (χ1) is 11.8. The van der Waals surface area contributed by atoms with Crippen LogP contribution in [0.25, 0.3) is 10.8 Å². The van der Waals surface area contributed by atoms with E-state index in [0.29, 0.717) is 12.5 Å². The van der Waals surface area contributed by atoms with E-state index in [2.05, 4.69) is 46.3 Å². The Morgan fingerprint density at radius 3 is 2.79 bits per heavy atom. The fourth-order valence-electron chi connectivity index (χ4n) is 3.79. The van der Waals surface area contributed by atoms with Gasteiger partial charge >= 0.3 is 0 Å². The van der Waals surface area contributed by atoms with Crippen LogP contribution < -0.4 is 10.6 Å². The molecular weight excluding hydrogens is 301 g/mol. The fourth-order valence-corrected chi connectivity index (χ4v) is 3.79. The van der Waals surface area contributed by atoms with Crippen molar-refractivity contribution in [3.63, 3.8) is 0 Å². The van der Waals surface area contributed by atoms with Crippen molar-refractivity contribution in [2.75, 3.05) is 18.0 Å². The highest BCUT2D eigenvalue weighted by Crippen LogP contribution is 2.36. The largest absolute Gasteiger partial charge is 0.370 e. The standard InChI is InChI=1S/C20H20FN3/c21-19-8-7-17(12-23-19)24-10-9-16(13-24)20-15(11-22)6-5-14-3-1-2-4-18(14)20/h1-8,12,16H,9-11,13,22H2/t16-/m1/s1. The maximum Gasteiger partial charge on any atom is 0.212 e. The Morgan fingerprint density at radius 1 is 1.12 bits per heavy atom. The van der Waals surface area contributed by atoms with E-state index in [4.69, 9.17) is 5.73 Å². The summed E-state index contributed by atoms with van der Waals surface area (Å²) in [6, 6.07) is 16.0. The SMILES string of the molecule is NCc1ccc2ccccc2c1[C@@H]1CCN(c2ccc(F)nc2)C1. The second-order valence-corrected chi connectivity index (χ2v) is 6.33. The van der Waals surface area contributed by atoms with E-state index in [0.717, 1.165) is 25.2 Å². The minimum Gasteiger partial charge on any atom is -0.370 e. The number of aromatic nitrogens is 1. The Kier molecular flexibility index (Phi) is 3.90. The molecule has 1 atom stereocenters. The molecule has 0 amide bonds. The lowest BCUT2D eigenvalue weighted by Gasteiger charge is -2.21. The first-order valence-electron chi connectivity index (χ1n) is 8.33. The summed E-state index contributed by atoms with van der Waals surface area (Å²) in [5, 5.41) is 2.55. The lowest BCUT2D eigenvalue weighted by molar-refractivity contribution is 0.583. The Morgan fingerprint density at radius 2 is 2.00 bits per heavy atom. The number of halogens is 1. The molecule has 4 heteroatoms. The fraction of sp³-hybridized carbons (Fsp3) is 0.250. The summed E-state index contributed by atoms with van der Waals surface area (Å²) < 4.78 is 13.0. The molecule has 3 aromatic rings. The van der Waals surface area contributed by atoms with E-state index in [9.17, 15) is 4.39 Å². The number of pyridine rings is 1. The molecule has 0 bridgehead atoms. The molecule has 2 aromatic carbocycles. The van der Waals surface area contributed by atoms with Crippen LogP contribution in [-0.4, -0.2) is 18.1 Å². The van der Waals surface area contributed by atoms with E-state index in [-0.39, 0.29) is 0 Å². The Balaban J connectivity index is 1.70. The van der Waals surface area contributed by atoms with E-state index >= 15 is 0 Å². The molecule has 122 valence electrons. The number of benzene rings is 2. The lowest BCUT2D eigenvalue weighted by Crippen LogP contribution is -2.20. The van der Waals surface area contributed by atoms with Crippen LogP contribution in [0.4, 0.5) is 10.1 Å². The average molecular weight is 321 g/mol. The third-order valence-electron chi connectivity index (χ3n) is 4.95. The molecule has 4 rings (SSSR count). The third kappa shape index (κ3) is 2.63. The second-order valence-electron chi connectivity index (χ2n) is 6.33. The van der Waals surface area contributed by atoms with Gasteiger partial charge < -0.3 is 10.6 Å². The first kappa shape index (κ1) is 15.1. The van der Waals surface area contributed by atoms with Gasteiger partial charge in [0.05, 0.1) is 11.9 Å². The highest BCUT2D eigenvalue weighted by atomic mass is 19.1. The average Bonchev–Trinajstić information content (AvgIpc) is 3.11. The van der Waals surface area contributed by atoms with E-state index < -0.39 is 5.95 Å². The smallest absolute Gasteiger partial charge is 0.212 e. The molecular formula is C20H20FN3. The predicted octanol–water partition coefficient (Wildman–Crippen LogP) is 3.83. The molecule has 0 spiro atoms. The van der Waals surface area contributed by atoms with Crippen LogP contribution in [0.2, 0.25) is 0 Å². The first-order valence-corrected chi connectivity index (χ1v) is 8.33. The van der Waals surface area contributed by atoms with E-state index in [1.807, 2.05) is 0 Å². The van der Waals surface area contributed by atoms with Crippen LogP contribution in [0.15, 0.2) is 54.7 Å². The van der Waals surface area contributed by atoms with Gasteiger partial charge in [0.1, 0.15) is 0 Å². The number of rotatable bonds is 3. The number of anilines is 1. The lowest BCUT2D eigenvalue weighted by atomic mass is 9.88. The van der Waals surface area contributed by atoms with Gasteiger partial charge in [0, 0.05) is 25.6 Å². The Hall–Kier alpha value is -2.46. The van der Waals surface area contributed by atoms with Crippen LogP contribution in [0.5, 0.6) is 0 Å². The van der Waals surface area contributed by atoms with Gasteiger partial charge in [0.25, 0.3) is 0 Å². The van der Waals surface area contributed by atoms with Crippen LogP contribution in [0.3, 0.4) is 0 Å². The Bertz CT molecular complexity index is 860. The predicted molar refractivity (Wildman–Crippen MR) is 95.6 cm³/mol.